The van der Waals surface area contributed by atoms with Gasteiger partial charge in [-0.25, -0.2) is 4.98 Å². The number of nitrogens with one attached hydrogen (secondary N) is 1. The number of aromatic nitrogens is 1. The lowest BCUT2D eigenvalue weighted by molar-refractivity contribution is -0.385. The minimum atomic E-state index is -0.689. The molecule has 0 aliphatic heterocycles. The molecule has 0 bridgehead atoms. The summed E-state index contributed by atoms with van der Waals surface area (Å²) in [6.07, 6.45) is 2.41. The monoisotopic (exact) mass is 281 g/mol. The van der Waals surface area contributed by atoms with E-state index in [2.05, 4.69) is 10.3 Å². The van der Waals surface area contributed by atoms with Crippen LogP contribution in [0.25, 0.3) is 0 Å². The van der Waals surface area contributed by atoms with Crippen LogP contribution in [0, 0.1) is 10.1 Å². The maximum absolute atomic E-state index is 11.9. The number of pyridine rings is 1. The molecule has 0 saturated carbocycles. The molecule has 2 rings (SSSR count). The molecule has 0 unspecified atom stereocenters. The molecule has 19 heavy (non-hydrogen) atoms. The Kier molecular flexibility index (Phi) is 3.76. The molecule has 0 aliphatic carbocycles. The Hall–Kier alpha value is -2.41. The maximum Gasteiger partial charge on any atom is 0.300 e. The number of carbonyl (C=O) groups is 1. The van der Waals surface area contributed by atoms with E-state index >= 15 is 0 Å². The van der Waals surface area contributed by atoms with Crippen LogP contribution in [-0.4, -0.2) is 15.8 Å². The molecule has 0 fully saturated rings. The minimum Gasteiger partial charge on any atom is -0.467 e. The zero-order valence-corrected chi connectivity index (χ0v) is 10.3. The Morgan fingerprint density at radius 2 is 2.37 bits per heavy atom. The largest absolute Gasteiger partial charge is 0.467 e. The lowest BCUT2D eigenvalue weighted by Gasteiger charge is -2.04. The van der Waals surface area contributed by atoms with Gasteiger partial charge >= 0.3 is 0 Å². The first-order valence-corrected chi connectivity index (χ1v) is 5.56. The van der Waals surface area contributed by atoms with Gasteiger partial charge < -0.3 is 9.73 Å². The number of nitrogens with zero attached hydrogens (tertiary/aromatic N) is 2. The SMILES string of the molecule is O=C(NCc1ccco1)c1cc(Cl)ncc1[N+](=O)[O-]. The van der Waals surface area contributed by atoms with Crippen molar-refractivity contribution in [3.05, 3.63) is 57.3 Å². The molecule has 0 aliphatic rings. The predicted octanol–water partition coefficient (Wildman–Crippen LogP) is 2.17. The summed E-state index contributed by atoms with van der Waals surface area (Å²) >= 11 is 5.63. The van der Waals surface area contributed by atoms with Crippen molar-refractivity contribution in [2.24, 2.45) is 0 Å². The number of hydrogen-bond donors (Lipinski definition) is 1. The van der Waals surface area contributed by atoms with E-state index in [0.29, 0.717) is 5.76 Å². The molecular weight excluding hydrogens is 274 g/mol. The van der Waals surface area contributed by atoms with E-state index in [4.69, 9.17) is 16.0 Å². The molecular formula is C11H8ClN3O4. The van der Waals surface area contributed by atoms with Crippen molar-refractivity contribution in [3.8, 4) is 0 Å². The molecule has 0 saturated heterocycles. The molecule has 8 heteroatoms. The van der Waals surface area contributed by atoms with Gasteiger partial charge in [0.15, 0.2) is 0 Å². The van der Waals surface area contributed by atoms with Crippen LogP contribution in [0.3, 0.4) is 0 Å². The zero-order valence-electron chi connectivity index (χ0n) is 9.50. The van der Waals surface area contributed by atoms with E-state index in [9.17, 15) is 14.9 Å². The van der Waals surface area contributed by atoms with Gasteiger partial charge in [0, 0.05) is 0 Å². The van der Waals surface area contributed by atoms with Gasteiger partial charge in [-0.1, -0.05) is 11.6 Å². The third kappa shape index (κ3) is 3.08. The van der Waals surface area contributed by atoms with Crippen LogP contribution in [-0.2, 0) is 6.54 Å². The zero-order chi connectivity index (χ0) is 13.8. The van der Waals surface area contributed by atoms with E-state index < -0.39 is 16.5 Å². The molecule has 0 atom stereocenters. The molecule has 1 amide bonds. The fourth-order valence-electron chi connectivity index (χ4n) is 1.43. The van der Waals surface area contributed by atoms with Crippen molar-refractivity contribution in [2.75, 3.05) is 0 Å². The Morgan fingerprint density at radius 3 is 3.00 bits per heavy atom. The number of rotatable bonds is 4. The fourth-order valence-corrected chi connectivity index (χ4v) is 1.58. The van der Waals surface area contributed by atoms with Crippen molar-refractivity contribution in [1.29, 1.82) is 0 Å². The smallest absolute Gasteiger partial charge is 0.300 e. The summed E-state index contributed by atoms with van der Waals surface area (Å²) in [6, 6.07) is 4.50. The molecule has 2 aromatic rings. The Labute approximate surface area is 112 Å². The predicted molar refractivity (Wildman–Crippen MR) is 65.8 cm³/mol. The number of amides is 1. The van der Waals surface area contributed by atoms with Crippen molar-refractivity contribution < 1.29 is 14.1 Å². The van der Waals surface area contributed by atoms with Gasteiger partial charge in [0.05, 0.1) is 17.7 Å². The highest BCUT2D eigenvalue weighted by Crippen LogP contribution is 2.20. The first-order chi connectivity index (χ1) is 9.08. The molecule has 0 aromatic carbocycles. The Morgan fingerprint density at radius 1 is 1.58 bits per heavy atom. The fraction of sp³-hybridized carbons (Fsp3) is 0.0909. The second-order valence-corrected chi connectivity index (χ2v) is 3.93. The molecule has 1 N–H and O–H groups in total. The van der Waals surface area contributed by atoms with Gasteiger partial charge in [0.1, 0.15) is 22.7 Å². The molecule has 0 radical (unpaired) electrons. The van der Waals surface area contributed by atoms with Crippen molar-refractivity contribution in [3.63, 3.8) is 0 Å². The molecule has 2 aromatic heterocycles. The van der Waals surface area contributed by atoms with Gasteiger partial charge in [-0.15, -0.1) is 0 Å². The number of nitro groups is 1. The summed E-state index contributed by atoms with van der Waals surface area (Å²) in [6.45, 7) is 0.128. The number of halogens is 1. The average Bonchev–Trinajstić information content (AvgIpc) is 2.88. The van der Waals surface area contributed by atoms with Crippen molar-refractivity contribution >= 4 is 23.2 Å². The van der Waals surface area contributed by atoms with Gasteiger partial charge in [-0.2, -0.15) is 0 Å². The van der Waals surface area contributed by atoms with E-state index in [1.165, 1.54) is 6.26 Å². The second-order valence-electron chi connectivity index (χ2n) is 3.54. The molecule has 0 spiro atoms. The van der Waals surface area contributed by atoms with Gasteiger partial charge in [-0.3, -0.25) is 14.9 Å². The summed E-state index contributed by atoms with van der Waals surface area (Å²) in [5.41, 5.74) is -0.544. The van der Waals surface area contributed by atoms with Crippen LogP contribution in [0.1, 0.15) is 16.1 Å². The highest BCUT2D eigenvalue weighted by Gasteiger charge is 2.21. The van der Waals surface area contributed by atoms with Crippen molar-refractivity contribution in [1.82, 2.24) is 10.3 Å². The highest BCUT2D eigenvalue weighted by molar-refractivity contribution is 6.29. The Balaban J connectivity index is 2.18. The van der Waals surface area contributed by atoms with E-state index in [1.54, 1.807) is 12.1 Å². The third-order valence-corrected chi connectivity index (χ3v) is 2.50. The lowest BCUT2D eigenvalue weighted by Crippen LogP contribution is -2.23. The van der Waals surface area contributed by atoms with Crippen LogP contribution >= 0.6 is 11.6 Å². The molecule has 98 valence electrons. The summed E-state index contributed by atoms with van der Waals surface area (Å²) < 4.78 is 5.03. The normalized spacial score (nSPS) is 10.2. The van der Waals surface area contributed by atoms with E-state index in [0.717, 1.165) is 12.3 Å². The first-order valence-electron chi connectivity index (χ1n) is 5.18. The molecule has 2 heterocycles. The van der Waals surface area contributed by atoms with Crippen LogP contribution in [0.4, 0.5) is 5.69 Å². The lowest BCUT2D eigenvalue weighted by atomic mass is 10.2. The van der Waals surface area contributed by atoms with Gasteiger partial charge in [-0.05, 0) is 18.2 Å². The first kappa shape index (κ1) is 13.0. The number of hydrogen-bond acceptors (Lipinski definition) is 5. The summed E-state index contributed by atoms with van der Waals surface area (Å²) in [4.78, 5) is 25.6. The van der Waals surface area contributed by atoms with Crippen LogP contribution in [0.15, 0.2) is 35.1 Å². The highest BCUT2D eigenvalue weighted by atomic mass is 35.5. The van der Waals surface area contributed by atoms with E-state index in [-0.39, 0.29) is 17.3 Å². The van der Waals surface area contributed by atoms with E-state index in [1.807, 2.05) is 0 Å². The summed E-state index contributed by atoms with van der Waals surface area (Å²) in [5, 5.41) is 13.3. The second kappa shape index (κ2) is 5.49. The van der Waals surface area contributed by atoms with Crippen LogP contribution in [0.2, 0.25) is 5.15 Å². The van der Waals surface area contributed by atoms with Crippen LogP contribution < -0.4 is 5.32 Å². The number of furan rings is 1. The van der Waals surface area contributed by atoms with Gasteiger partial charge in [0.2, 0.25) is 0 Å². The minimum absolute atomic E-state index is 0.00810. The summed E-state index contributed by atoms with van der Waals surface area (Å²) in [7, 11) is 0. The van der Waals surface area contributed by atoms with Crippen molar-refractivity contribution in [2.45, 2.75) is 6.54 Å². The Bertz CT molecular complexity index is 612. The average molecular weight is 282 g/mol. The third-order valence-electron chi connectivity index (χ3n) is 2.29. The molecule has 7 nitrogen and oxygen atoms in total. The number of carbonyl (C=O) groups excluding carboxylic acids is 1. The topological polar surface area (TPSA) is 98.3 Å². The standard InChI is InChI=1S/C11H8ClN3O4/c12-10-4-8(9(6-13-10)15(17)18)11(16)14-5-7-2-1-3-19-7/h1-4,6H,5H2,(H,14,16). The summed E-state index contributed by atoms with van der Waals surface area (Å²) in [5.74, 6) is -0.0800. The maximum atomic E-state index is 11.9. The van der Waals surface area contributed by atoms with Crippen LogP contribution in [0.5, 0.6) is 0 Å². The van der Waals surface area contributed by atoms with Gasteiger partial charge in [0.25, 0.3) is 11.6 Å². The quantitative estimate of drug-likeness (QED) is 0.526.